The molecule has 1 saturated heterocycles. The third kappa shape index (κ3) is 3.96. The first-order chi connectivity index (χ1) is 8.98. The average Bonchev–Trinajstić information content (AvgIpc) is 2.66. The van der Waals surface area contributed by atoms with Crippen molar-refractivity contribution in [2.75, 3.05) is 26.2 Å². The van der Waals surface area contributed by atoms with Crippen LogP contribution in [-0.4, -0.2) is 35.0 Å². The van der Waals surface area contributed by atoms with Crippen LogP contribution in [0.5, 0.6) is 0 Å². The Morgan fingerprint density at radius 2 is 1.79 bits per heavy atom. The lowest BCUT2D eigenvalue weighted by molar-refractivity contribution is 0.431. The Labute approximate surface area is 119 Å². The summed E-state index contributed by atoms with van der Waals surface area (Å²) in [6.45, 7) is 10.3. The van der Waals surface area contributed by atoms with E-state index in [0.717, 1.165) is 37.5 Å². The molecule has 1 aromatic rings. The molecule has 1 atom stereocenters. The van der Waals surface area contributed by atoms with Crippen LogP contribution in [0.25, 0.3) is 0 Å². The molecule has 1 aromatic carbocycles. The van der Waals surface area contributed by atoms with Crippen molar-refractivity contribution in [2.24, 2.45) is 0 Å². The van der Waals surface area contributed by atoms with Crippen molar-refractivity contribution < 1.29 is 4.55 Å². The van der Waals surface area contributed by atoms with Crippen LogP contribution in [-0.2, 0) is 16.8 Å². The van der Waals surface area contributed by atoms with Crippen molar-refractivity contribution >= 4 is 11.4 Å². The van der Waals surface area contributed by atoms with Gasteiger partial charge in [-0.1, -0.05) is 32.9 Å². The first-order valence-electron chi connectivity index (χ1n) is 6.96. The Kier molecular flexibility index (Phi) is 4.90. The number of nitrogens with zero attached hydrogens (tertiary/aromatic N) is 1. The molecule has 1 aliphatic heterocycles. The standard InChI is InChI=1S/C15H24N2OS/c1-15(2,3)13-5-7-14(8-6-13)19(18)17-11-4-9-16-10-12-17/h5-8,16H,4,9-12H2,1-3H3. The Balaban J connectivity index is 2.08. The van der Waals surface area contributed by atoms with E-state index < -0.39 is 11.4 Å². The highest BCUT2D eigenvalue weighted by Gasteiger charge is 2.24. The summed E-state index contributed by atoms with van der Waals surface area (Å²) in [6.07, 6.45) is 1.06. The van der Waals surface area contributed by atoms with E-state index in [9.17, 15) is 4.55 Å². The number of hydrogen-bond acceptors (Lipinski definition) is 3. The maximum atomic E-state index is 12.5. The minimum absolute atomic E-state index is 0.145. The number of hydrogen-bond donors (Lipinski definition) is 1. The fraction of sp³-hybridized carbons (Fsp3) is 0.600. The van der Waals surface area contributed by atoms with Gasteiger partial charge in [0.2, 0.25) is 0 Å². The van der Waals surface area contributed by atoms with Gasteiger partial charge in [0.15, 0.2) is 4.90 Å². The molecule has 1 aliphatic rings. The molecule has 1 fully saturated rings. The van der Waals surface area contributed by atoms with Crippen molar-refractivity contribution in [1.82, 2.24) is 9.62 Å². The van der Waals surface area contributed by atoms with E-state index in [1.54, 1.807) is 0 Å². The molecule has 4 heteroatoms. The van der Waals surface area contributed by atoms with Crippen LogP contribution in [0.2, 0.25) is 0 Å². The van der Waals surface area contributed by atoms with E-state index in [1.807, 2.05) is 12.1 Å². The van der Waals surface area contributed by atoms with Crippen molar-refractivity contribution in [1.29, 1.82) is 0 Å². The second-order valence-electron chi connectivity index (χ2n) is 6.06. The van der Waals surface area contributed by atoms with Crippen LogP contribution < -0.4 is 5.32 Å². The zero-order chi connectivity index (χ0) is 13.9. The summed E-state index contributed by atoms with van der Waals surface area (Å²) in [6, 6.07) is 8.22. The fourth-order valence-corrected chi connectivity index (χ4v) is 3.43. The first-order valence-corrected chi connectivity index (χ1v) is 8.07. The molecule has 0 radical (unpaired) electrons. The molecule has 0 spiro atoms. The van der Waals surface area contributed by atoms with Gasteiger partial charge in [-0.25, -0.2) is 0 Å². The molecule has 0 saturated carbocycles. The predicted octanol–water partition coefficient (Wildman–Crippen LogP) is 2.30. The smallest absolute Gasteiger partial charge is 0.174 e. The molecule has 1 unspecified atom stereocenters. The monoisotopic (exact) mass is 280 g/mol. The van der Waals surface area contributed by atoms with Gasteiger partial charge in [0.05, 0.1) is 17.9 Å². The topological polar surface area (TPSA) is 38.3 Å². The van der Waals surface area contributed by atoms with E-state index >= 15 is 0 Å². The fourth-order valence-electron chi connectivity index (χ4n) is 2.21. The SMILES string of the molecule is CC(C)(C)c1ccc([S+]([O-])N2CCCNCC2)cc1. The van der Waals surface area contributed by atoms with Gasteiger partial charge in [0.25, 0.3) is 0 Å². The van der Waals surface area contributed by atoms with Gasteiger partial charge in [0.1, 0.15) is 0 Å². The minimum Gasteiger partial charge on any atom is -0.593 e. The van der Waals surface area contributed by atoms with E-state index in [4.69, 9.17) is 0 Å². The third-order valence-corrected chi connectivity index (χ3v) is 4.97. The lowest BCUT2D eigenvalue weighted by Crippen LogP contribution is -2.34. The zero-order valence-corrected chi connectivity index (χ0v) is 12.9. The highest BCUT2D eigenvalue weighted by atomic mass is 32.2. The summed E-state index contributed by atoms with van der Waals surface area (Å²) in [7, 11) is 0. The number of nitrogens with one attached hydrogen (secondary N) is 1. The Morgan fingerprint density at radius 3 is 2.42 bits per heavy atom. The molecule has 19 heavy (non-hydrogen) atoms. The van der Waals surface area contributed by atoms with Crippen LogP contribution >= 0.6 is 0 Å². The number of rotatable bonds is 2. The predicted molar refractivity (Wildman–Crippen MR) is 80.6 cm³/mol. The van der Waals surface area contributed by atoms with Crippen LogP contribution in [0.1, 0.15) is 32.8 Å². The third-order valence-electron chi connectivity index (χ3n) is 3.46. The van der Waals surface area contributed by atoms with Gasteiger partial charge in [0, 0.05) is 13.1 Å². The first kappa shape index (κ1) is 14.9. The Hall–Kier alpha value is -0.550. The van der Waals surface area contributed by atoms with Crippen molar-refractivity contribution in [3.63, 3.8) is 0 Å². The van der Waals surface area contributed by atoms with Crippen LogP contribution in [0.4, 0.5) is 0 Å². The number of benzene rings is 1. The van der Waals surface area contributed by atoms with Gasteiger partial charge in [-0.15, -0.1) is 4.31 Å². The van der Waals surface area contributed by atoms with Crippen LogP contribution in [0.15, 0.2) is 29.2 Å². The molecule has 106 valence electrons. The minimum atomic E-state index is -1.02. The highest BCUT2D eigenvalue weighted by molar-refractivity contribution is 7.89. The molecule has 1 N–H and O–H groups in total. The van der Waals surface area contributed by atoms with E-state index in [0.29, 0.717) is 0 Å². The molecular formula is C15H24N2OS. The van der Waals surface area contributed by atoms with Crippen LogP contribution in [0, 0.1) is 0 Å². The lowest BCUT2D eigenvalue weighted by Gasteiger charge is -2.23. The molecule has 0 bridgehead atoms. The molecule has 2 rings (SSSR count). The largest absolute Gasteiger partial charge is 0.593 e. The highest BCUT2D eigenvalue weighted by Crippen LogP contribution is 2.24. The van der Waals surface area contributed by atoms with E-state index in [2.05, 4.69) is 42.5 Å². The Morgan fingerprint density at radius 1 is 1.11 bits per heavy atom. The summed E-state index contributed by atoms with van der Waals surface area (Å²) < 4.78 is 14.6. The lowest BCUT2D eigenvalue weighted by atomic mass is 9.87. The molecule has 0 aromatic heterocycles. The maximum absolute atomic E-state index is 12.5. The summed E-state index contributed by atoms with van der Waals surface area (Å²) in [5, 5.41) is 3.34. The summed E-state index contributed by atoms with van der Waals surface area (Å²) in [5.41, 5.74) is 1.43. The van der Waals surface area contributed by atoms with Crippen LogP contribution in [0.3, 0.4) is 0 Å². The van der Waals surface area contributed by atoms with Gasteiger partial charge < -0.3 is 9.87 Å². The quantitative estimate of drug-likeness (QED) is 0.845. The summed E-state index contributed by atoms with van der Waals surface area (Å²) in [4.78, 5) is 0.912. The van der Waals surface area contributed by atoms with Crippen molar-refractivity contribution in [3.05, 3.63) is 29.8 Å². The van der Waals surface area contributed by atoms with Gasteiger partial charge in [-0.05, 0) is 36.1 Å². The summed E-state index contributed by atoms with van der Waals surface area (Å²) >= 11 is -1.02. The Bertz CT molecular complexity index is 392. The molecule has 3 nitrogen and oxygen atoms in total. The normalized spacial score (nSPS) is 20.0. The van der Waals surface area contributed by atoms with Gasteiger partial charge >= 0.3 is 0 Å². The molecule has 0 aliphatic carbocycles. The van der Waals surface area contributed by atoms with Crippen molar-refractivity contribution in [3.8, 4) is 0 Å². The van der Waals surface area contributed by atoms with E-state index in [-0.39, 0.29) is 5.41 Å². The molecule has 0 amide bonds. The maximum Gasteiger partial charge on any atom is 0.174 e. The van der Waals surface area contributed by atoms with E-state index in [1.165, 1.54) is 5.56 Å². The second kappa shape index (κ2) is 6.27. The van der Waals surface area contributed by atoms with Crippen molar-refractivity contribution in [2.45, 2.75) is 37.5 Å². The second-order valence-corrected chi connectivity index (χ2v) is 7.54. The summed E-state index contributed by atoms with van der Waals surface area (Å²) in [5.74, 6) is 0. The van der Waals surface area contributed by atoms with Gasteiger partial charge in [-0.3, -0.25) is 0 Å². The zero-order valence-electron chi connectivity index (χ0n) is 12.1. The average molecular weight is 280 g/mol. The molecule has 1 heterocycles. The van der Waals surface area contributed by atoms with Gasteiger partial charge in [-0.2, -0.15) is 0 Å². The molecular weight excluding hydrogens is 256 g/mol.